The summed E-state index contributed by atoms with van der Waals surface area (Å²) in [5.74, 6) is 11.0. The summed E-state index contributed by atoms with van der Waals surface area (Å²) in [7, 11) is 0. The van der Waals surface area contributed by atoms with Gasteiger partial charge in [-0.3, -0.25) is 0 Å². The van der Waals surface area contributed by atoms with Gasteiger partial charge in [0.1, 0.15) is 0 Å². The number of halogens is 4. The Labute approximate surface area is 230 Å². The predicted octanol–water partition coefficient (Wildman–Crippen LogP) is 7.48. The number of aliphatic hydroxyl groups is 2. The van der Waals surface area contributed by atoms with E-state index >= 15 is 0 Å². The first-order valence-corrected chi connectivity index (χ1v) is 12.3. The monoisotopic (exact) mass is 550 g/mol. The third kappa shape index (κ3) is 5.12. The van der Waals surface area contributed by atoms with Crippen molar-refractivity contribution < 1.29 is 10.2 Å². The summed E-state index contributed by atoms with van der Waals surface area (Å²) in [6, 6.07) is 27.2. The summed E-state index contributed by atoms with van der Waals surface area (Å²) in [5.41, 5.74) is -2.33. The molecule has 0 aliphatic heterocycles. The average molecular weight is 552 g/mol. The van der Waals surface area contributed by atoms with E-state index in [1.165, 1.54) is 0 Å². The van der Waals surface area contributed by atoms with Crippen LogP contribution in [0.1, 0.15) is 22.3 Å². The highest BCUT2D eigenvalue weighted by molar-refractivity contribution is 6.33. The minimum Gasteiger partial charge on any atom is -0.369 e. The topological polar surface area (TPSA) is 40.5 Å². The molecule has 0 spiro atoms. The Balaban J connectivity index is 1.89. The molecule has 6 heteroatoms. The van der Waals surface area contributed by atoms with Crippen LogP contribution in [0.25, 0.3) is 0 Å². The summed E-state index contributed by atoms with van der Waals surface area (Å²) in [6.45, 7) is 0. The van der Waals surface area contributed by atoms with E-state index in [1.807, 2.05) is 0 Å². The van der Waals surface area contributed by atoms with Crippen LogP contribution < -0.4 is 0 Å². The van der Waals surface area contributed by atoms with Crippen molar-refractivity contribution in [2.75, 3.05) is 0 Å². The zero-order chi connectivity index (χ0) is 25.8. The second-order valence-electron chi connectivity index (χ2n) is 7.84. The lowest BCUT2D eigenvalue weighted by Gasteiger charge is -2.26. The number of rotatable bonds is 4. The standard InChI is InChI=1S/C30H18Cl4O2/c31-25-15-5-1-11-21(25)29(35,22-12-2-6-16-26(22)32)19-9-10-20-30(36,23-13-3-7-17-27(23)33)24-14-4-8-18-28(24)34/h1-8,11-18,35-36H. The molecule has 4 aromatic rings. The normalized spacial score (nSPS) is 11.2. The summed E-state index contributed by atoms with van der Waals surface area (Å²) in [6.07, 6.45) is 0. The molecule has 2 N–H and O–H groups in total. The van der Waals surface area contributed by atoms with Gasteiger partial charge in [0, 0.05) is 42.3 Å². The van der Waals surface area contributed by atoms with Crippen LogP contribution in [0.15, 0.2) is 97.1 Å². The molecule has 0 aromatic heterocycles. The van der Waals surface area contributed by atoms with Crippen molar-refractivity contribution in [1.82, 2.24) is 0 Å². The van der Waals surface area contributed by atoms with Gasteiger partial charge < -0.3 is 10.2 Å². The van der Waals surface area contributed by atoms with Crippen LogP contribution in [0.2, 0.25) is 20.1 Å². The fourth-order valence-electron chi connectivity index (χ4n) is 3.82. The van der Waals surface area contributed by atoms with Gasteiger partial charge in [-0.2, -0.15) is 0 Å². The molecule has 0 radical (unpaired) electrons. The molecule has 178 valence electrons. The Bertz CT molecular complexity index is 1330. The summed E-state index contributed by atoms with van der Waals surface area (Å²) >= 11 is 25.7. The van der Waals surface area contributed by atoms with Crippen LogP contribution in [0.5, 0.6) is 0 Å². The first-order chi connectivity index (χ1) is 17.3. The molecular formula is C30H18Cl4O2. The summed E-state index contributed by atoms with van der Waals surface area (Å²) < 4.78 is 0. The highest BCUT2D eigenvalue weighted by atomic mass is 35.5. The largest absolute Gasteiger partial charge is 0.369 e. The lowest BCUT2D eigenvalue weighted by molar-refractivity contribution is 0.144. The third-order valence-electron chi connectivity index (χ3n) is 5.60. The molecule has 0 unspecified atom stereocenters. The van der Waals surface area contributed by atoms with Gasteiger partial charge in [0.15, 0.2) is 11.2 Å². The van der Waals surface area contributed by atoms with Gasteiger partial charge in [-0.05, 0) is 47.9 Å². The van der Waals surface area contributed by atoms with Crippen LogP contribution in [-0.4, -0.2) is 10.2 Å². The van der Waals surface area contributed by atoms with E-state index in [-0.39, 0.29) is 0 Å². The third-order valence-corrected chi connectivity index (χ3v) is 6.92. The quantitative estimate of drug-likeness (QED) is 0.258. The molecule has 0 saturated heterocycles. The van der Waals surface area contributed by atoms with Gasteiger partial charge in [0.2, 0.25) is 0 Å². The van der Waals surface area contributed by atoms with Crippen LogP contribution in [-0.2, 0) is 11.2 Å². The van der Waals surface area contributed by atoms with Crippen molar-refractivity contribution in [2.45, 2.75) is 11.2 Å². The van der Waals surface area contributed by atoms with Crippen LogP contribution in [0.3, 0.4) is 0 Å². The SMILES string of the molecule is OC(C#CC#CC(O)(c1ccccc1Cl)c1ccccc1Cl)(c1ccccc1Cl)c1ccccc1Cl. The molecule has 0 aliphatic carbocycles. The lowest BCUT2D eigenvalue weighted by atomic mass is 9.86. The molecule has 0 atom stereocenters. The van der Waals surface area contributed by atoms with E-state index < -0.39 is 11.2 Å². The van der Waals surface area contributed by atoms with Gasteiger partial charge in [0.25, 0.3) is 0 Å². The van der Waals surface area contributed by atoms with Crippen molar-refractivity contribution in [2.24, 2.45) is 0 Å². The van der Waals surface area contributed by atoms with Crippen LogP contribution in [0.4, 0.5) is 0 Å². The molecule has 0 bridgehead atoms. The fourth-order valence-corrected chi connectivity index (χ4v) is 4.91. The first-order valence-electron chi connectivity index (χ1n) is 10.8. The maximum absolute atomic E-state index is 11.8. The zero-order valence-corrected chi connectivity index (χ0v) is 21.7. The molecule has 0 heterocycles. The zero-order valence-electron chi connectivity index (χ0n) is 18.6. The minimum absolute atomic E-state index is 0.311. The van der Waals surface area contributed by atoms with Crippen LogP contribution >= 0.6 is 46.4 Å². The van der Waals surface area contributed by atoms with E-state index in [4.69, 9.17) is 46.4 Å². The second-order valence-corrected chi connectivity index (χ2v) is 9.47. The van der Waals surface area contributed by atoms with E-state index in [0.29, 0.717) is 42.3 Å². The van der Waals surface area contributed by atoms with Crippen molar-refractivity contribution in [3.05, 3.63) is 139 Å². The second kappa shape index (κ2) is 11.0. The molecule has 0 fully saturated rings. The van der Waals surface area contributed by atoms with Gasteiger partial charge in [-0.15, -0.1) is 0 Å². The Morgan fingerprint density at radius 1 is 0.417 bits per heavy atom. The molecule has 0 aliphatic rings. The Kier molecular flexibility index (Phi) is 7.99. The first kappa shape index (κ1) is 26.2. The van der Waals surface area contributed by atoms with Gasteiger partial charge in [-0.1, -0.05) is 119 Å². The number of hydrogen-bond acceptors (Lipinski definition) is 2. The van der Waals surface area contributed by atoms with E-state index in [9.17, 15) is 10.2 Å². The molecule has 4 aromatic carbocycles. The van der Waals surface area contributed by atoms with Crippen molar-refractivity contribution in [3.63, 3.8) is 0 Å². The molecular weight excluding hydrogens is 534 g/mol. The Morgan fingerprint density at radius 3 is 0.861 bits per heavy atom. The summed E-state index contributed by atoms with van der Waals surface area (Å²) in [5, 5.41) is 24.7. The summed E-state index contributed by atoms with van der Waals surface area (Å²) in [4.78, 5) is 0. The smallest absolute Gasteiger partial charge is 0.180 e. The molecule has 4 rings (SSSR count). The minimum atomic E-state index is -1.86. The van der Waals surface area contributed by atoms with Crippen molar-refractivity contribution >= 4 is 46.4 Å². The highest BCUT2D eigenvalue weighted by Gasteiger charge is 2.35. The molecule has 0 amide bonds. The molecule has 36 heavy (non-hydrogen) atoms. The maximum atomic E-state index is 11.8. The van der Waals surface area contributed by atoms with Crippen molar-refractivity contribution in [1.29, 1.82) is 0 Å². The van der Waals surface area contributed by atoms with E-state index in [0.717, 1.165) is 0 Å². The molecule has 2 nitrogen and oxygen atoms in total. The maximum Gasteiger partial charge on any atom is 0.180 e. The number of benzene rings is 4. The molecule has 0 saturated carbocycles. The van der Waals surface area contributed by atoms with Gasteiger partial charge >= 0.3 is 0 Å². The highest BCUT2D eigenvalue weighted by Crippen LogP contribution is 2.38. The Hall–Kier alpha value is -2.92. The average Bonchev–Trinajstić information content (AvgIpc) is 2.87. The van der Waals surface area contributed by atoms with Gasteiger partial charge in [0.05, 0.1) is 0 Å². The number of hydrogen-bond donors (Lipinski definition) is 2. The van der Waals surface area contributed by atoms with Gasteiger partial charge in [-0.25, -0.2) is 0 Å². The Morgan fingerprint density at radius 2 is 0.639 bits per heavy atom. The predicted molar refractivity (Wildman–Crippen MR) is 147 cm³/mol. The lowest BCUT2D eigenvalue weighted by Crippen LogP contribution is -2.27. The van der Waals surface area contributed by atoms with Crippen molar-refractivity contribution in [3.8, 4) is 23.7 Å². The van der Waals surface area contributed by atoms with E-state index in [2.05, 4.69) is 23.7 Å². The van der Waals surface area contributed by atoms with E-state index in [1.54, 1.807) is 97.1 Å². The fraction of sp³-hybridized carbons (Fsp3) is 0.0667. The van der Waals surface area contributed by atoms with Crippen LogP contribution in [0, 0.1) is 23.7 Å².